The van der Waals surface area contributed by atoms with Gasteiger partial charge in [-0.25, -0.2) is 17.6 Å². The Morgan fingerprint density at radius 3 is 2.25 bits per heavy atom. The van der Waals surface area contributed by atoms with Gasteiger partial charge in [-0.1, -0.05) is 12.1 Å². The van der Waals surface area contributed by atoms with Crippen LogP contribution in [0.3, 0.4) is 0 Å². The molecule has 3 rings (SSSR count). The molecule has 1 aromatic heterocycles. The zero-order chi connectivity index (χ0) is 20.5. The number of hydrogen-bond donors (Lipinski definition) is 0. The Bertz CT molecular complexity index is 949. The van der Waals surface area contributed by atoms with Gasteiger partial charge in [0.05, 0.1) is 12.0 Å². The van der Waals surface area contributed by atoms with Crippen LogP contribution in [0.15, 0.2) is 35.2 Å². The molecule has 1 fully saturated rings. The summed E-state index contributed by atoms with van der Waals surface area (Å²) in [6.45, 7) is 4.98. The lowest BCUT2D eigenvalue weighted by molar-refractivity contribution is -0.147. The molecule has 152 valence electrons. The average Bonchev–Trinajstić information content (AvgIpc) is 3.02. The first kappa shape index (κ1) is 20.9. The molecule has 0 spiro atoms. The Labute approximate surface area is 168 Å². The van der Waals surface area contributed by atoms with Crippen LogP contribution in [0.1, 0.15) is 21.4 Å². The Kier molecular flexibility index (Phi) is 6.18. The molecule has 0 N–H and O–H groups in total. The van der Waals surface area contributed by atoms with Crippen molar-refractivity contribution >= 4 is 27.3 Å². The van der Waals surface area contributed by atoms with Gasteiger partial charge in [0.2, 0.25) is 10.0 Å². The van der Waals surface area contributed by atoms with Crippen LogP contribution < -0.4 is 0 Å². The molecule has 1 unspecified atom stereocenters. The van der Waals surface area contributed by atoms with Crippen LogP contribution in [0, 0.1) is 19.7 Å². The molecule has 1 saturated heterocycles. The van der Waals surface area contributed by atoms with Crippen LogP contribution in [0.5, 0.6) is 0 Å². The number of carbonyl (C=O) groups excluding carboxylic acids is 1. The predicted octanol–water partition coefficient (Wildman–Crippen LogP) is 2.72. The summed E-state index contributed by atoms with van der Waals surface area (Å²) < 4.78 is 45.6. The third-order valence-electron chi connectivity index (χ3n) is 4.86. The number of ether oxygens (including phenoxy) is 1. The number of piperazine rings is 1. The van der Waals surface area contributed by atoms with E-state index < -0.39 is 22.0 Å². The molecule has 6 nitrogen and oxygen atoms in total. The van der Waals surface area contributed by atoms with Crippen molar-refractivity contribution in [2.24, 2.45) is 0 Å². The van der Waals surface area contributed by atoms with Gasteiger partial charge < -0.3 is 4.74 Å². The van der Waals surface area contributed by atoms with Crippen LogP contribution in [0.25, 0.3) is 0 Å². The summed E-state index contributed by atoms with van der Waals surface area (Å²) in [7, 11) is -2.26. The molecule has 0 aliphatic carbocycles. The number of methoxy groups -OCH3 is 1. The molecule has 1 aliphatic rings. The third kappa shape index (κ3) is 4.12. The minimum Gasteiger partial charge on any atom is -0.468 e. The second-order valence-electron chi connectivity index (χ2n) is 6.69. The van der Waals surface area contributed by atoms with Crippen LogP contribution in [0.2, 0.25) is 0 Å². The van der Waals surface area contributed by atoms with E-state index >= 15 is 0 Å². The highest BCUT2D eigenvalue weighted by molar-refractivity contribution is 7.89. The topological polar surface area (TPSA) is 66.9 Å². The maximum atomic E-state index is 13.3. The van der Waals surface area contributed by atoms with E-state index in [1.807, 2.05) is 18.7 Å². The summed E-state index contributed by atoms with van der Waals surface area (Å²) in [5.74, 6) is -0.836. The quantitative estimate of drug-likeness (QED) is 0.688. The molecule has 1 aromatic carbocycles. The van der Waals surface area contributed by atoms with E-state index in [4.69, 9.17) is 4.74 Å². The Morgan fingerprint density at radius 1 is 1.14 bits per heavy atom. The van der Waals surface area contributed by atoms with Gasteiger partial charge >= 0.3 is 5.97 Å². The SMILES string of the molecule is COC(=O)C(c1ccc(F)cc1)N1CCN(S(=O)(=O)c2cc(C)sc2C)CC1. The zero-order valence-corrected chi connectivity index (χ0v) is 17.6. The van der Waals surface area contributed by atoms with E-state index in [1.54, 1.807) is 18.2 Å². The predicted molar refractivity (Wildman–Crippen MR) is 105 cm³/mol. The van der Waals surface area contributed by atoms with Gasteiger partial charge in [-0.15, -0.1) is 11.3 Å². The van der Waals surface area contributed by atoms with Crippen molar-refractivity contribution in [3.05, 3.63) is 51.5 Å². The van der Waals surface area contributed by atoms with E-state index in [2.05, 4.69) is 0 Å². The molecule has 9 heteroatoms. The second-order valence-corrected chi connectivity index (χ2v) is 10.1. The number of aryl methyl sites for hydroxylation is 2. The molecule has 2 aromatic rings. The molecule has 0 radical (unpaired) electrons. The average molecular weight is 427 g/mol. The van der Waals surface area contributed by atoms with E-state index in [9.17, 15) is 17.6 Å². The molecule has 0 amide bonds. The lowest BCUT2D eigenvalue weighted by Crippen LogP contribution is -2.51. The summed E-state index contributed by atoms with van der Waals surface area (Å²) >= 11 is 1.46. The van der Waals surface area contributed by atoms with E-state index in [-0.39, 0.29) is 18.9 Å². The number of sulfonamides is 1. The summed E-state index contributed by atoms with van der Waals surface area (Å²) in [6.07, 6.45) is 0. The van der Waals surface area contributed by atoms with Crippen molar-refractivity contribution < 1.29 is 22.3 Å². The first-order valence-corrected chi connectivity index (χ1v) is 11.1. The van der Waals surface area contributed by atoms with Crippen LogP contribution >= 0.6 is 11.3 Å². The van der Waals surface area contributed by atoms with Gasteiger partial charge in [0, 0.05) is 35.9 Å². The molecular formula is C19H23FN2O4S2. The minimum absolute atomic E-state index is 0.269. The Hall–Kier alpha value is -1.81. The fourth-order valence-corrected chi connectivity index (χ4v) is 6.40. The number of halogens is 1. The normalized spacial score (nSPS) is 17.4. The zero-order valence-electron chi connectivity index (χ0n) is 16.0. The van der Waals surface area contributed by atoms with E-state index in [0.717, 1.165) is 9.75 Å². The molecular weight excluding hydrogens is 403 g/mol. The van der Waals surface area contributed by atoms with Gasteiger partial charge in [-0.3, -0.25) is 4.90 Å². The Balaban J connectivity index is 1.78. The number of benzene rings is 1. The summed E-state index contributed by atoms with van der Waals surface area (Å²) in [4.78, 5) is 16.3. The number of thiophene rings is 1. The van der Waals surface area contributed by atoms with Gasteiger partial charge in [-0.05, 0) is 37.6 Å². The molecule has 1 atom stereocenters. The highest BCUT2D eigenvalue weighted by Crippen LogP contribution is 2.30. The van der Waals surface area contributed by atoms with Gasteiger partial charge in [-0.2, -0.15) is 4.31 Å². The first-order chi connectivity index (χ1) is 13.2. The van der Waals surface area contributed by atoms with Crippen LogP contribution in [-0.4, -0.2) is 56.9 Å². The molecule has 1 aliphatic heterocycles. The fourth-order valence-electron chi connectivity index (χ4n) is 3.46. The number of nitrogens with zero attached hydrogens (tertiary/aromatic N) is 2. The maximum Gasteiger partial charge on any atom is 0.327 e. The second kappa shape index (κ2) is 8.28. The number of rotatable bonds is 5. The number of hydrogen-bond acceptors (Lipinski definition) is 6. The molecule has 2 heterocycles. The standard InChI is InChI=1S/C19H23FN2O4S2/c1-13-12-17(14(2)27-13)28(24,25)22-10-8-21(9-11-22)18(19(23)26-3)15-4-6-16(20)7-5-15/h4-7,12,18H,8-11H2,1-3H3. The van der Waals surface area contributed by atoms with E-state index in [1.165, 1.54) is 34.9 Å². The summed E-state index contributed by atoms with van der Waals surface area (Å²) in [6, 6.07) is 6.72. The molecule has 0 bridgehead atoms. The summed E-state index contributed by atoms with van der Waals surface area (Å²) in [5, 5.41) is 0. The van der Waals surface area contributed by atoms with Gasteiger partial charge in [0.25, 0.3) is 0 Å². The number of esters is 1. The van der Waals surface area contributed by atoms with E-state index in [0.29, 0.717) is 23.5 Å². The smallest absolute Gasteiger partial charge is 0.327 e. The highest BCUT2D eigenvalue weighted by atomic mass is 32.2. The van der Waals surface area contributed by atoms with Crippen molar-refractivity contribution in [3.63, 3.8) is 0 Å². The van der Waals surface area contributed by atoms with Crippen molar-refractivity contribution in [2.45, 2.75) is 24.8 Å². The van der Waals surface area contributed by atoms with Crippen molar-refractivity contribution in [1.29, 1.82) is 0 Å². The van der Waals surface area contributed by atoms with Crippen molar-refractivity contribution in [2.75, 3.05) is 33.3 Å². The highest BCUT2D eigenvalue weighted by Gasteiger charge is 2.35. The largest absolute Gasteiger partial charge is 0.468 e. The lowest BCUT2D eigenvalue weighted by atomic mass is 10.0. The minimum atomic E-state index is -3.57. The maximum absolute atomic E-state index is 13.3. The van der Waals surface area contributed by atoms with Crippen molar-refractivity contribution in [1.82, 2.24) is 9.21 Å². The van der Waals surface area contributed by atoms with Crippen LogP contribution in [0.4, 0.5) is 4.39 Å². The fraction of sp³-hybridized carbons (Fsp3) is 0.421. The van der Waals surface area contributed by atoms with Gasteiger partial charge in [0.1, 0.15) is 11.9 Å². The van der Waals surface area contributed by atoms with Gasteiger partial charge in [0.15, 0.2) is 0 Å². The summed E-state index contributed by atoms with van der Waals surface area (Å²) in [5.41, 5.74) is 0.619. The lowest BCUT2D eigenvalue weighted by Gasteiger charge is -2.37. The number of carbonyl (C=O) groups is 1. The van der Waals surface area contributed by atoms with Crippen molar-refractivity contribution in [3.8, 4) is 0 Å². The monoisotopic (exact) mass is 426 g/mol. The third-order valence-corrected chi connectivity index (χ3v) is 7.98. The van der Waals surface area contributed by atoms with Crippen LogP contribution in [-0.2, 0) is 19.6 Å². The first-order valence-electron chi connectivity index (χ1n) is 8.88. The Morgan fingerprint density at radius 2 is 1.75 bits per heavy atom. The molecule has 28 heavy (non-hydrogen) atoms. The molecule has 0 saturated carbocycles.